The van der Waals surface area contributed by atoms with E-state index < -0.39 is 0 Å². The molecule has 2 rings (SSSR count). The number of hydrogen-bond acceptors (Lipinski definition) is 2. The van der Waals surface area contributed by atoms with Gasteiger partial charge >= 0.3 is 0 Å². The minimum absolute atomic E-state index is 0.0405. The highest BCUT2D eigenvalue weighted by Gasteiger charge is 2.18. The van der Waals surface area contributed by atoms with Crippen LogP contribution in [0.5, 0.6) is 5.75 Å². The van der Waals surface area contributed by atoms with Crippen molar-refractivity contribution >= 4 is 15.9 Å². The molecule has 1 N–H and O–H groups in total. The summed E-state index contributed by atoms with van der Waals surface area (Å²) in [6.45, 7) is 7.47. The zero-order valence-corrected chi connectivity index (χ0v) is 15.0. The lowest BCUT2D eigenvalue weighted by Gasteiger charge is -2.22. The predicted molar refractivity (Wildman–Crippen MR) is 94.4 cm³/mol. The van der Waals surface area contributed by atoms with Crippen LogP contribution >= 0.6 is 15.9 Å². The third kappa shape index (κ3) is 4.34. The molecular weight excluding hydrogens is 340 g/mol. The van der Waals surface area contributed by atoms with Crippen molar-refractivity contribution in [3.05, 3.63) is 64.7 Å². The van der Waals surface area contributed by atoms with Gasteiger partial charge in [0.15, 0.2) is 0 Å². The van der Waals surface area contributed by atoms with Gasteiger partial charge in [0.1, 0.15) is 5.75 Å². The Morgan fingerprint density at radius 1 is 1.00 bits per heavy atom. The van der Waals surface area contributed by atoms with E-state index >= 15 is 0 Å². The van der Waals surface area contributed by atoms with Gasteiger partial charge in [-0.05, 0) is 22.6 Å². The Balaban J connectivity index is 2.15. The lowest BCUT2D eigenvalue weighted by Crippen LogP contribution is -2.12. The lowest BCUT2D eigenvalue weighted by molar-refractivity contribution is 0.105. The van der Waals surface area contributed by atoms with Crippen LogP contribution in [0, 0.1) is 0 Å². The van der Waals surface area contributed by atoms with Crippen molar-refractivity contribution in [3.63, 3.8) is 0 Å². The number of phenols is 1. The average Bonchev–Trinajstić information content (AvgIpc) is 2.49. The minimum Gasteiger partial charge on any atom is -0.507 e. The van der Waals surface area contributed by atoms with Gasteiger partial charge in [-0.2, -0.15) is 0 Å². The molecule has 0 aliphatic rings. The average molecular weight is 363 g/mol. The predicted octanol–water partition coefficient (Wildman–Crippen LogP) is 5.30. The number of phenolic OH excluding ortho intramolecular Hbond substituents is 1. The van der Waals surface area contributed by atoms with Crippen molar-refractivity contribution in [1.82, 2.24) is 0 Å². The molecule has 0 bridgehead atoms. The third-order valence-corrected chi connectivity index (χ3v) is 4.25. The smallest absolute Gasteiger partial charge is 0.125 e. The van der Waals surface area contributed by atoms with Crippen LogP contribution in [0.15, 0.2) is 42.5 Å². The highest BCUT2D eigenvalue weighted by atomic mass is 79.9. The first-order chi connectivity index (χ1) is 10.4. The number of halogens is 1. The first-order valence-corrected chi connectivity index (χ1v) is 8.57. The SMILES string of the molecule is CC(C)(C)c1cc(CBr)c(O)c(COCc2ccccc2)c1. The van der Waals surface area contributed by atoms with E-state index in [4.69, 9.17) is 4.74 Å². The van der Waals surface area contributed by atoms with Crippen LogP contribution in [-0.4, -0.2) is 5.11 Å². The van der Waals surface area contributed by atoms with Gasteiger partial charge in [-0.25, -0.2) is 0 Å². The maximum Gasteiger partial charge on any atom is 0.125 e. The molecule has 118 valence electrons. The Bertz CT molecular complexity index is 615. The van der Waals surface area contributed by atoms with Gasteiger partial charge < -0.3 is 9.84 Å². The Morgan fingerprint density at radius 2 is 1.64 bits per heavy atom. The minimum atomic E-state index is 0.0405. The molecule has 0 saturated carbocycles. The largest absolute Gasteiger partial charge is 0.507 e. The molecule has 0 spiro atoms. The van der Waals surface area contributed by atoms with Gasteiger partial charge in [0, 0.05) is 16.5 Å². The highest BCUT2D eigenvalue weighted by molar-refractivity contribution is 9.08. The topological polar surface area (TPSA) is 29.5 Å². The molecule has 0 aliphatic carbocycles. The molecule has 0 atom stereocenters. The fourth-order valence-electron chi connectivity index (χ4n) is 2.26. The second kappa shape index (κ2) is 7.30. The summed E-state index contributed by atoms with van der Waals surface area (Å²) >= 11 is 3.45. The molecule has 2 aromatic carbocycles. The van der Waals surface area contributed by atoms with Gasteiger partial charge in [-0.3, -0.25) is 0 Å². The molecule has 0 aliphatic heterocycles. The molecule has 0 radical (unpaired) electrons. The second-order valence-corrected chi connectivity index (χ2v) is 7.07. The molecule has 0 unspecified atom stereocenters. The van der Waals surface area contributed by atoms with E-state index in [0.717, 1.165) is 16.7 Å². The third-order valence-electron chi connectivity index (χ3n) is 3.65. The molecule has 0 heterocycles. The summed E-state index contributed by atoms with van der Waals surface area (Å²) in [5.74, 6) is 0.331. The van der Waals surface area contributed by atoms with Crippen molar-refractivity contribution in [3.8, 4) is 5.75 Å². The monoisotopic (exact) mass is 362 g/mol. The van der Waals surface area contributed by atoms with Crippen LogP contribution in [0.2, 0.25) is 0 Å². The summed E-state index contributed by atoms with van der Waals surface area (Å²) in [7, 11) is 0. The Labute approximate surface area is 141 Å². The second-order valence-electron chi connectivity index (χ2n) is 6.51. The van der Waals surface area contributed by atoms with E-state index in [1.54, 1.807) is 0 Å². The van der Waals surface area contributed by atoms with Gasteiger partial charge in [0.25, 0.3) is 0 Å². The maximum absolute atomic E-state index is 10.4. The molecular formula is C19H23BrO2. The molecule has 0 aromatic heterocycles. The van der Waals surface area contributed by atoms with E-state index in [2.05, 4.69) is 42.8 Å². The molecule has 0 fully saturated rings. The number of alkyl halides is 1. The van der Waals surface area contributed by atoms with Gasteiger partial charge in [0.05, 0.1) is 13.2 Å². The van der Waals surface area contributed by atoms with Crippen LogP contribution in [0.3, 0.4) is 0 Å². The summed E-state index contributed by atoms with van der Waals surface area (Å²) in [5, 5.41) is 11.0. The fourth-order valence-corrected chi connectivity index (χ4v) is 2.69. The van der Waals surface area contributed by atoms with Crippen LogP contribution in [0.25, 0.3) is 0 Å². The van der Waals surface area contributed by atoms with Crippen molar-refractivity contribution < 1.29 is 9.84 Å². The van der Waals surface area contributed by atoms with Crippen LogP contribution in [0.1, 0.15) is 43.0 Å². The standard InChI is InChI=1S/C19H23BrO2/c1-19(2,3)17-9-15(11-20)18(21)16(10-17)13-22-12-14-7-5-4-6-8-14/h4-10,21H,11-13H2,1-3H3. The Kier molecular flexibility index (Phi) is 5.65. The fraction of sp³-hybridized carbons (Fsp3) is 0.368. The van der Waals surface area contributed by atoms with Gasteiger partial charge in [-0.15, -0.1) is 0 Å². The quantitative estimate of drug-likeness (QED) is 0.731. The van der Waals surface area contributed by atoms with Crippen LogP contribution in [-0.2, 0) is 28.7 Å². The molecule has 2 nitrogen and oxygen atoms in total. The number of aromatic hydroxyl groups is 1. The number of benzene rings is 2. The van der Waals surface area contributed by atoms with Crippen molar-refractivity contribution in [1.29, 1.82) is 0 Å². The first-order valence-electron chi connectivity index (χ1n) is 7.44. The summed E-state index contributed by atoms with van der Waals surface area (Å²) in [6.07, 6.45) is 0. The van der Waals surface area contributed by atoms with Gasteiger partial charge in [0.2, 0.25) is 0 Å². The number of rotatable bonds is 5. The molecule has 2 aromatic rings. The van der Waals surface area contributed by atoms with E-state index in [0.29, 0.717) is 24.3 Å². The molecule has 0 saturated heterocycles. The summed E-state index contributed by atoms with van der Waals surface area (Å²) in [4.78, 5) is 0. The van der Waals surface area contributed by atoms with Gasteiger partial charge in [-0.1, -0.05) is 73.1 Å². The number of hydrogen-bond donors (Lipinski definition) is 1. The highest BCUT2D eigenvalue weighted by Crippen LogP contribution is 2.32. The van der Waals surface area contributed by atoms with Crippen molar-refractivity contribution in [2.24, 2.45) is 0 Å². The summed E-state index contributed by atoms with van der Waals surface area (Å²) in [5.41, 5.74) is 4.13. The molecule has 0 amide bonds. The van der Waals surface area contributed by atoms with Crippen LogP contribution in [0.4, 0.5) is 0 Å². The van der Waals surface area contributed by atoms with E-state index in [9.17, 15) is 5.11 Å². The summed E-state index contributed by atoms with van der Waals surface area (Å²) < 4.78 is 5.78. The van der Waals surface area contributed by atoms with Crippen LogP contribution < -0.4 is 0 Å². The van der Waals surface area contributed by atoms with E-state index in [-0.39, 0.29) is 5.41 Å². The maximum atomic E-state index is 10.4. The lowest BCUT2D eigenvalue weighted by atomic mass is 9.85. The summed E-state index contributed by atoms with van der Waals surface area (Å²) in [6, 6.07) is 14.2. The zero-order valence-electron chi connectivity index (χ0n) is 13.4. The van der Waals surface area contributed by atoms with E-state index in [1.165, 1.54) is 5.56 Å². The first kappa shape index (κ1) is 17.0. The van der Waals surface area contributed by atoms with Crippen molar-refractivity contribution in [2.75, 3.05) is 0 Å². The Morgan fingerprint density at radius 3 is 2.23 bits per heavy atom. The zero-order chi connectivity index (χ0) is 16.2. The number of ether oxygens (including phenoxy) is 1. The normalized spacial score (nSPS) is 11.6. The molecule has 22 heavy (non-hydrogen) atoms. The molecule has 3 heteroatoms. The Hall–Kier alpha value is -1.32. The van der Waals surface area contributed by atoms with Crippen molar-refractivity contribution in [2.45, 2.75) is 44.7 Å². The van der Waals surface area contributed by atoms with E-state index in [1.807, 2.05) is 36.4 Å².